The molecule has 2 aromatic carbocycles. The van der Waals surface area contributed by atoms with E-state index < -0.39 is 5.60 Å². The first-order valence-electron chi connectivity index (χ1n) is 9.95. The van der Waals surface area contributed by atoms with E-state index in [1.807, 2.05) is 18.2 Å². The molecular weight excluding hydrogens is 368 g/mol. The van der Waals surface area contributed by atoms with Gasteiger partial charge < -0.3 is 14.6 Å². The van der Waals surface area contributed by atoms with E-state index >= 15 is 0 Å². The summed E-state index contributed by atoms with van der Waals surface area (Å²) in [6.45, 7) is 0. The number of phenolic OH excluding ortho intramolecular Hbond substituents is 1. The number of benzene rings is 2. The maximum absolute atomic E-state index is 12.8. The Bertz CT molecular complexity index is 983. The summed E-state index contributed by atoms with van der Waals surface area (Å²) in [5.74, 6) is 0.493. The number of fused-ring (bicyclic) bond motifs is 1. The van der Waals surface area contributed by atoms with E-state index in [0.29, 0.717) is 23.5 Å². The van der Waals surface area contributed by atoms with Crippen LogP contribution in [0.25, 0.3) is 6.08 Å². The van der Waals surface area contributed by atoms with Crippen LogP contribution >= 0.6 is 0 Å². The van der Waals surface area contributed by atoms with Crippen LogP contribution in [-0.4, -0.2) is 29.4 Å². The average molecular weight is 392 g/mol. The maximum atomic E-state index is 12.8. The molecule has 0 bridgehead atoms. The van der Waals surface area contributed by atoms with Crippen LogP contribution in [0.5, 0.6) is 17.2 Å². The van der Waals surface area contributed by atoms with Gasteiger partial charge in [0.25, 0.3) is 0 Å². The predicted molar refractivity (Wildman–Crippen MR) is 110 cm³/mol. The van der Waals surface area contributed by atoms with E-state index in [1.165, 1.54) is 18.2 Å². The molecule has 1 fully saturated rings. The number of aromatic hydroxyl groups is 1. The van der Waals surface area contributed by atoms with Crippen LogP contribution in [0.4, 0.5) is 0 Å². The molecule has 5 nitrogen and oxygen atoms in total. The number of rotatable bonds is 4. The average Bonchev–Trinajstić information content (AvgIpc) is 2.72. The number of carbonyl (C=O) groups is 2. The number of carbonyl (C=O) groups excluding carboxylic acids is 2. The Balaban J connectivity index is 1.59. The van der Waals surface area contributed by atoms with Crippen molar-refractivity contribution >= 4 is 17.6 Å². The second-order valence-corrected chi connectivity index (χ2v) is 7.79. The van der Waals surface area contributed by atoms with Gasteiger partial charge in [-0.3, -0.25) is 9.59 Å². The number of ketones is 2. The van der Waals surface area contributed by atoms with Gasteiger partial charge in [0.15, 0.2) is 11.6 Å². The zero-order valence-corrected chi connectivity index (χ0v) is 16.4. The molecule has 1 heterocycles. The summed E-state index contributed by atoms with van der Waals surface area (Å²) in [5.41, 5.74) is 0.817. The van der Waals surface area contributed by atoms with Gasteiger partial charge in [-0.2, -0.15) is 0 Å². The molecule has 4 rings (SSSR count). The highest BCUT2D eigenvalue weighted by Gasteiger charge is 2.41. The fourth-order valence-electron chi connectivity index (χ4n) is 4.21. The zero-order valence-electron chi connectivity index (χ0n) is 16.4. The minimum absolute atomic E-state index is 0.0287. The largest absolute Gasteiger partial charge is 0.507 e. The van der Waals surface area contributed by atoms with Crippen molar-refractivity contribution in [3.8, 4) is 17.2 Å². The molecule has 0 saturated heterocycles. The number of allylic oxidation sites excluding steroid dienone is 1. The van der Waals surface area contributed by atoms with Crippen molar-refractivity contribution < 1.29 is 24.2 Å². The Morgan fingerprint density at radius 3 is 2.72 bits per heavy atom. The van der Waals surface area contributed by atoms with E-state index in [9.17, 15) is 14.7 Å². The SMILES string of the molecule is COc1cccc(/C=C/C(=O)c2cc3c(cc2O)OC2(CCCCC2)CC3=O)c1. The van der Waals surface area contributed by atoms with E-state index in [4.69, 9.17) is 9.47 Å². The minimum atomic E-state index is -0.452. The summed E-state index contributed by atoms with van der Waals surface area (Å²) in [5, 5.41) is 10.4. The quantitative estimate of drug-likeness (QED) is 0.588. The lowest BCUT2D eigenvalue weighted by Crippen LogP contribution is -2.43. The zero-order chi connectivity index (χ0) is 20.4. The Kier molecular flexibility index (Phi) is 5.14. The topological polar surface area (TPSA) is 72.8 Å². The second kappa shape index (κ2) is 7.74. The van der Waals surface area contributed by atoms with E-state index in [1.54, 1.807) is 19.3 Å². The van der Waals surface area contributed by atoms with Crippen molar-refractivity contribution in [3.05, 3.63) is 59.2 Å². The molecule has 0 amide bonds. The Labute approximate surface area is 170 Å². The summed E-state index contributed by atoms with van der Waals surface area (Å²) in [6.07, 6.45) is 8.31. The first-order valence-corrected chi connectivity index (χ1v) is 9.95. The second-order valence-electron chi connectivity index (χ2n) is 7.79. The smallest absolute Gasteiger partial charge is 0.189 e. The number of phenols is 1. The Morgan fingerprint density at radius 2 is 1.97 bits per heavy atom. The van der Waals surface area contributed by atoms with Gasteiger partial charge in [0.2, 0.25) is 0 Å². The fourth-order valence-corrected chi connectivity index (χ4v) is 4.21. The van der Waals surface area contributed by atoms with Crippen molar-refractivity contribution in [2.24, 2.45) is 0 Å². The summed E-state index contributed by atoms with van der Waals surface area (Å²) >= 11 is 0. The molecule has 0 radical (unpaired) electrons. The first kappa shape index (κ1) is 19.2. The van der Waals surface area contributed by atoms with Gasteiger partial charge in [0.1, 0.15) is 22.8 Å². The normalized spacial score (nSPS) is 17.8. The Hall–Kier alpha value is -3.08. The lowest BCUT2D eigenvalue weighted by Gasteiger charge is -2.40. The third-order valence-electron chi connectivity index (χ3n) is 5.76. The minimum Gasteiger partial charge on any atom is -0.507 e. The van der Waals surface area contributed by atoms with Gasteiger partial charge >= 0.3 is 0 Å². The van der Waals surface area contributed by atoms with Crippen LogP contribution in [0.2, 0.25) is 0 Å². The molecule has 1 aliphatic carbocycles. The molecule has 0 atom stereocenters. The Morgan fingerprint density at radius 1 is 1.17 bits per heavy atom. The number of ether oxygens (including phenoxy) is 2. The first-order chi connectivity index (χ1) is 14.0. The summed E-state index contributed by atoms with van der Waals surface area (Å²) in [7, 11) is 1.58. The number of hydrogen-bond donors (Lipinski definition) is 1. The van der Waals surface area contributed by atoms with Crippen LogP contribution in [0.15, 0.2) is 42.5 Å². The molecule has 0 unspecified atom stereocenters. The molecule has 2 aromatic rings. The number of Topliss-reactive ketones (excluding diaryl/α,β-unsaturated/α-hetero) is 1. The summed E-state index contributed by atoms with van der Waals surface area (Å²) in [6, 6.07) is 10.2. The molecule has 5 heteroatoms. The van der Waals surface area contributed by atoms with Crippen molar-refractivity contribution in [1.82, 2.24) is 0 Å². The molecule has 1 saturated carbocycles. The molecule has 1 spiro atoms. The maximum Gasteiger partial charge on any atom is 0.189 e. The van der Waals surface area contributed by atoms with E-state index in [-0.39, 0.29) is 22.9 Å². The van der Waals surface area contributed by atoms with Crippen LogP contribution in [0.3, 0.4) is 0 Å². The lowest BCUT2D eigenvalue weighted by molar-refractivity contribution is 0.0135. The highest BCUT2D eigenvalue weighted by molar-refractivity contribution is 6.11. The molecule has 2 aliphatic rings. The third kappa shape index (κ3) is 3.90. The number of hydrogen-bond acceptors (Lipinski definition) is 5. The van der Waals surface area contributed by atoms with Crippen molar-refractivity contribution in [3.63, 3.8) is 0 Å². The van der Waals surface area contributed by atoms with Crippen LogP contribution in [0.1, 0.15) is 64.8 Å². The van der Waals surface area contributed by atoms with Gasteiger partial charge in [-0.05, 0) is 55.5 Å². The highest BCUT2D eigenvalue weighted by Crippen LogP contribution is 2.43. The van der Waals surface area contributed by atoms with Crippen LogP contribution in [-0.2, 0) is 0 Å². The van der Waals surface area contributed by atoms with Crippen molar-refractivity contribution in [2.45, 2.75) is 44.1 Å². The number of methoxy groups -OCH3 is 1. The summed E-state index contributed by atoms with van der Waals surface area (Å²) in [4.78, 5) is 25.4. The fraction of sp³-hybridized carbons (Fsp3) is 0.333. The lowest BCUT2D eigenvalue weighted by atomic mass is 9.78. The predicted octanol–water partition coefficient (Wildman–Crippen LogP) is 4.97. The summed E-state index contributed by atoms with van der Waals surface area (Å²) < 4.78 is 11.4. The molecule has 150 valence electrons. The monoisotopic (exact) mass is 392 g/mol. The van der Waals surface area contributed by atoms with Gasteiger partial charge in [-0.15, -0.1) is 0 Å². The highest BCUT2D eigenvalue weighted by atomic mass is 16.5. The molecule has 1 aliphatic heterocycles. The van der Waals surface area contributed by atoms with Crippen LogP contribution < -0.4 is 9.47 Å². The third-order valence-corrected chi connectivity index (χ3v) is 5.76. The van der Waals surface area contributed by atoms with Crippen molar-refractivity contribution in [2.75, 3.05) is 7.11 Å². The van der Waals surface area contributed by atoms with Gasteiger partial charge in [0.05, 0.1) is 24.7 Å². The van der Waals surface area contributed by atoms with E-state index in [2.05, 4.69) is 0 Å². The van der Waals surface area contributed by atoms with Crippen LogP contribution in [0, 0.1) is 0 Å². The van der Waals surface area contributed by atoms with Gasteiger partial charge in [-0.25, -0.2) is 0 Å². The van der Waals surface area contributed by atoms with Gasteiger partial charge in [0, 0.05) is 6.07 Å². The molecule has 1 N–H and O–H groups in total. The molecular formula is C24H24O5. The van der Waals surface area contributed by atoms with Crippen molar-refractivity contribution in [1.29, 1.82) is 0 Å². The van der Waals surface area contributed by atoms with Gasteiger partial charge in [-0.1, -0.05) is 24.6 Å². The molecule has 0 aromatic heterocycles. The van der Waals surface area contributed by atoms with E-state index in [0.717, 1.165) is 37.7 Å². The standard InChI is InChI=1S/C24H24O5/c1-28-17-7-5-6-16(12-17)8-9-20(25)18-13-19-22(27)15-24(10-3-2-4-11-24)29-23(19)14-21(18)26/h5-9,12-14,26H,2-4,10-11,15H2,1H3/b9-8+. The molecule has 29 heavy (non-hydrogen) atoms.